The van der Waals surface area contributed by atoms with Gasteiger partial charge in [-0.15, -0.1) is 0 Å². The molecule has 30 heavy (non-hydrogen) atoms. The minimum Gasteiger partial charge on any atom is -0.399 e. The number of hydrogen-bond acceptors (Lipinski definition) is 3. The average molecular weight is 392 g/mol. The first-order chi connectivity index (χ1) is 14.6. The van der Waals surface area contributed by atoms with Crippen LogP contribution in [0.1, 0.15) is 20.7 Å². The summed E-state index contributed by atoms with van der Waals surface area (Å²) in [4.78, 5) is 27.7. The molecule has 0 radical (unpaired) electrons. The van der Waals surface area contributed by atoms with E-state index in [2.05, 4.69) is 0 Å². The van der Waals surface area contributed by atoms with Crippen molar-refractivity contribution in [3.05, 3.63) is 120 Å². The predicted octanol–water partition coefficient (Wildman–Crippen LogP) is 5.42. The van der Waals surface area contributed by atoms with Gasteiger partial charge in [-0.1, -0.05) is 60.7 Å². The number of amides is 2. The van der Waals surface area contributed by atoms with E-state index < -0.39 is 0 Å². The van der Waals surface area contributed by atoms with Gasteiger partial charge in [0.2, 0.25) is 0 Å². The Morgan fingerprint density at radius 1 is 0.533 bits per heavy atom. The fraction of sp³-hybridized carbons (Fsp3) is 0. The van der Waals surface area contributed by atoms with Crippen LogP contribution < -0.4 is 10.6 Å². The Kier molecular flexibility index (Phi) is 5.39. The molecule has 0 atom stereocenters. The first kappa shape index (κ1) is 19.2. The van der Waals surface area contributed by atoms with E-state index in [9.17, 15) is 9.59 Å². The summed E-state index contributed by atoms with van der Waals surface area (Å²) < 4.78 is 0. The maximum atomic E-state index is 13.2. The molecule has 0 heterocycles. The molecule has 0 aliphatic rings. The quantitative estimate of drug-likeness (QED) is 0.372. The predicted molar refractivity (Wildman–Crippen MR) is 120 cm³/mol. The summed E-state index contributed by atoms with van der Waals surface area (Å²) in [5.74, 6) is -0.741. The molecular weight excluding hydrogens is 372 g/mol. The Balaban J connectivity index is 1.73. The zero-order valence-electron chi connectivity index (χ0n) is 16.2. The number of nitrogens with two attached hydrogens (primary N) is 1. The van der Waals surface area contributed by atoms with Gasteiger partial charge >= 0.3 is 0 Å². The van der Waals surface area contributed by atoms with Crippen LogP contribution in [0.15, 0.2) is 109 Å². The fourth-order valence-electron chi connectivity index (χ4n) is 3.22. The van der Waals surface area contributed by atoms with Crippen molar-refractivity contribution >= 4 is 23.2 Å². The van der Waals surface area contributed by atoms with Gasteiger partial charge in [-0.2, -0.15) is 0 Å². The van der Waals surface area contributed by atoms with Gasteiger partial charge in [-0.3, -0.25) is 9.59 Å². The molecule has 0 saturated carbocycles. The average Bonchev–Trinajstić information content (AvgIpc) is 2.81. The number of nitrogen functional groups attached to an aromatic ring is 1. The monoisotopic (exact) mass is 392 g/mol. The number of carbonyl (C=O) groups is 2. The standard InChI is InChI=1S/C26H20N2O2/c27-23-15-11-19(12-16-23)20-13-17-24(18-14-20)28(25(29)21-7-3-1-4-8-21)26(30)22-9-5-2-6-10-22/h1-18H,27H2. The highest BCUT2D eigenvalue weighted by molar-refractivity contribution is 6.25. The van der Waals surface area contributed by atoms with Crippen LogP contribution in [0.25, 0.3) is 11.1 Å². The molecule has 2 amide bonds. The van der Waals surface area contributed by atoms with Crippen LogP contribution in [0.2, 0.25) is 0 Å². The van der Waals surface area contributed by atoms with Crippen molar-refractivity contribution in [3.63, 3.8) is 0 Å². The number of nitrogens with zero attached hydrogens (tertiary/aromatic N) is 1. The summed E-state index contributed by atoms with van der Waals surface area (Å²) in [6.45, 7) is 0. The van der Waals surface area contributed by atoms with E-state index in [1.807, 2.05) is 48.5 Å². The van der Waals surface area contributed by atoms with Crippen molar-refractivity contribution in [2.45, 2.75) is 0 Å². The lowest BCUT2D eigenvalue weighted by atomic mass is 10.0. The summed E-state index contributed by atoms with van der Waals surface area (Å²) in [5, 5.41) is 0. The molecule has 0 spiro atoms. The summed E-state index contributed by atoms with van der Waals surface area (Å²) in [6.07, 6.45) is 0. The molecule has 0 unspecified atom stereocenters. The number of hydrogen-bond donors (Lipinski definition) is 1. The van der Waals surface area contributed by atoms with Gasteiger partial charge in [-0.05, 0) is 59.7 Å². The van der Waals surface area contributed by atoms with Crippen LogP contribution in [0, 0.1) is 0 Å². The third-order valence-corrected chi connectivity index (χ3v) is 4.82. The molecule has 0 aromatic heterocycles. The normalized spacial score (nSPS) is 10.4. The van der Waals surface area contributed by atoms with Crippen LogP contribution >= 0.6 is 0 Å². The van der Waals surface area contributed by atoms with Gasteiger partial charge in [0.25, 0.3) is 11.8 Å². The van der Waals surface area contributed by atoms with Crippen molar-refractivity contribution in [2.24, 2.45) is 0 Å². The molecule has 4 aromatic carbocycles. The van der Waals surface area contributed by atoms with E-state index in [0.717, 1.165) is 11.1 Å². The third kappa shape index (κ3) is 3.98. The van der Waals surface area contributed by atoms with Crippen molar-refractivity contribution in [1.29, 1.82) is 0 Å². The molecule has 4 aromatic rings. The number of imide groups is 1. The molecule has 4 rings (SSSR count). The van der Waals surface area contributed by atoms with Crippen LogP contribution in [0.4, 0.5) is 11.4 Å². The van der Waals surface area contributed by atoms with Crippen molar-refractivity contribution in [1.82, 2.24) is 0 Å². The lowest BCUT2D eigenvalue weighted by Gasteiger charge is -2.21. The van der Waals surface area contributed by atoms with Gasteiger partial charge < -0.3 is 5.73 Å². The minimum atomic E-state index is -0.371. The summed E-state index contributed by atoms with van der Waals surface area (Å²) in [7, 11) is 0. The SMILES string of the molecule is Nc1ccc(-c2ccc(N(C(=O)c3ccccc3)C(=O)c3ccccc3)cc2)cc1. The molecule has 0 aliphatic heterocycles. The Morgan fingerprint density at radius 3 is 1.37 bits per heavy atom. The van der Waals surface area contributed by atoms with Crippen LogP contribution in [-0.4, -0.2) is 11.8 Å². The molecule has 4 heteroatoms. The van der Waals surface area contributed by atoms with Crippen LogP contribution in [0.3, 0.4) is 0 Å². The lowest BCUT2D eigenvalue weighted by Crippen LogP contribution is -2.37. The van der Waals surface area contributed by atoms with Gasteiger partial charge in [0, 0.05) is 16.8 Å². The number of anilines is 2. The Labute approximate surface area is 175 Å². The molecule has 0 bridgehead atoms. The summed E-state index contributed by atoms with van der Waals surface area (Å²) in [6, 6.07) is 32.5. The van der Waals surface area contributed by atoms with E-state index in [4.69, 9.17) is 5.73 Å². The van der Waals surface area contributed by atoms with E-state index in [1.165, 1.54) is 4.90 Å². The second kappa shape index (κ2) is 8.45. The molecule has 0 fully saturated rings. The molecular formula is C26H20N2O2. The highest BCUT2D eigenvalue weighted by Gasteiger charge is 2.25. The maximum absolute atomic E-state index is 13.2. The van der Waals surface area contributed by atoms with E-state index in [1.54, 1.807) is 60.7 Å². The highest BCUT2D eigenvalue weighted by Crippen LogP contribution is 2.26. The highest BCUT2D eigenvalue weighted by atomic mass is 16.2. The number of carbonyl (C=O) groups excluding carboxylic acids is 2. The van der Waals surface area contributed by atoms with Crippen LogP contribution in [-0.2, 0) is 0 Å². The molecule has 2 N–H and O–H groups in total. The topological polar surface area (TPSA) is 63.4 Å². The largest absolute Gasteiger partial charge is 0.399 e. The van der Waals surface area contributed by atoms with Crippen molar-refractivity contribution < 1.29 is 9.59 Å². The third-order valence-electron chi connectivity index (χ3n) is 4.82. The second-order valence-corrected chi connectivity index (χ2v) is 6.85. The molecule has 0 saturated heterocycles. The van der Waals surface area contributed by atoms with Gasteiger partial charge in [0.05, 0.1) is 5.69 Å². The zero-order valence-corrected chi connectivity index (χ0v) is 16.2. The Bertz CT molecular complexity index is 1100. The Hall–Kier alpha value is -4.18. The summed E-state index contributed by atoms with van der Waals surface area (Å²) in [5.41, 5.74) is 9.85. The zero-order chi connectivity index (χ0) is 20.9. The van der Waals surface area contributed by atoms with E-state index in [-0.39, 0.29) is 11.8 Å². The smallest absolute Gasteiger partial charge is 0.265 e. The van der Waals surface area contributed by atoms with Crippen molar-refractivity contribution in [3.8, 4) is 11.1 Å². The van der Waals surface area contributed by atoms with Gasteiger partial charge in [0.15, 0.2) is 0 Å². The number of rotatable bonds is 4. The summed E-state index contributed by atoms with van der Waals surface area (Å²) >= 11 is 0. The Morgan fingerprint density at radius 2 is 0.933 bits per heavy atom. The van der Waals surface area contributed by atoms with E-state index in [0.29, 0.717) is 22.5 Å². The lowest BCUT2D eigenvalue weighted by molar-refractivity contribution is 0.0897. The maximum Gasteiger partial charge on any atom is 0.265 e. The van der Waals surface area contributed by atoms with Gasteiger partial charge in [0.1, 0.15) is 0 Å². The van der Waals surface area contributed by atoms with Gasteiger partial charge in [-0.25, -0.2) is 4.90 Å². The minimum absolute atomic E-state index is 0.371. The first-order valence-corrected chi connectivity index (χ1v) is 9.58. The molecule has 4 nitrogen and oxygen atoms in total. The molecule has 146 valence electrons. The number of benzene rings is 4. The fourth-order valence-corrected chi connectivity index (χ4v) is 3.22. The van der Waals surface area contributed by atoms with Crippen molar-refractivity contribution in [2.75, 3.05) is 10.6 Å². The second-order valence-electron chi connectivity index (χ2n) is 6.85. The molecule has 0 aliphatic carbocycles. The first-order valence-electron chi connectivity index (χ1n) is 9.58. The van der Waals surface area contributed by atoms with E-state index >= 15 is 0 Å². The van der Waals surface area contributed by atoms with Crippen LogP contribution in [0.5, 0.6) is 0 Å².